The quantitative estimate of drug-likeness (QED) is 0.941. The summed E-state index contributed by atoms with van der Waals surface area (Å²) in [5.41, 5.74) is 3.80. The molecule has 3 rings (SSSR count). The maximum atomic E-state index is 12.1. The molecule has 1 amide bonds. The van der Waals surface area contributed by atoms with Crippen molar-refractivity contribution in [2.45, 2.75) is 20.1 Å². The van der Waals surface area contributed by atoms with Crippen LogP contribution in [0.2, 0.25) is 0 Å². The molecule has 0 spiro atoms. The first-order valence-electron chi connectivity index (χ1n) is 6.90. The summed E-state index contributed by atoms with van der Waals surface area (Å²) in [5, 5.41) is 9.18. The standard InChI is InChI=1S/C17H17NO3/c1-12-2-4-13(5-3-12)9-18-15-7-6-14(10-19)8-16(15)21-11-17(18)20/h2-8,19H,9-11H2,1H3. The largest absolute Gasteiger partial charge is 0.482 e. The molecule has 1 N–H and O–H groups in total. The lowest BCUT2D eigenvalue weighted by atomic mass is 10.1. The van der Waals surface area contributed by atoms with Crippen molar-refractivity contribution in [3.63, 3.8) is 0 Å². The van der Waals surface area contributed by atoms with E-state index in [0.29, 0.717) is 12.3 Å². The number of fused-ring (bicyclic) bond motifs is 1. The number of aryl methyl sites for hydroxylation is 1. The molecule has 0 fully saturated rings. The fraction of sp³-hybridized carbons (Fsp3) is 0.235. The fourth-order valence-electron chi connectivity index (χ4n) is 2.40. The number of aliphatic hydroxyl groups is 1. The number of hydrogen-bond acceptors (Lipinski definition) is 3. The van der Waals surface area contributed by atoms with Crippen LogP contribution in [0.1, 0.15) is 16.7 Å². The van der Waals surface area contributed by atoms with Gasteiger partial charge in [-0.15, -0.1) is 0 Å². The summed E-state index contributed by atoms with van der Waals surface area (Å²) >= 11 is 0. The molecule has 21 heavy (non-hydrogen) atoms. The molecule has 0 atom stereocenters. The lowest BCUT2D eigenvalue weighted by molar-refractivity contribution is -0.121. The molecular formula is C17H17NO3. The molecule has 108 valence electrons. The van der Waals surface area contributed by atoms with E-state index in [1.54, 1.807) is 11.0 Å². The molecule has 0 aromatic heterocycles. The number of amides is 1. The topological polar surface area (TPSA) is 49.8 Å². The zero-order valence-corrected chi connectivity index (χ0v) is 11.9. The average Bonchev–Trinajstić information content (AvgIpc) is 2.51. The summed E-state index contributed by atoms with van der Waals surface area (Å²) in [5.74, 6) is 0.591. The Balaban J connectivity index is 1.91. The zero-order chi connectivity index (χ0) is 14.8. The lowest BCUT2D eigenvalue weighted by Gasteiger charge is -2.29. The highest BCUT2D eigenvalue weighted by Gasteiger charge is 2.25. The van der Waals surface area contributed by atoms with E-state index in [1.807, 2.05) is 43.3 Å². The minimum Gasteiger partial charge on any atom is -0.482 e. The van der Waals surface area contributed by atoms with Gasteiger partial charge in [-0.05, 0) is 30.2 Å². The van der Waals surface area contributed by atoms with Crippen molar-refractivity contribution in [2.24, 2.45) is 0 Å². The van der Waals surface area contributed by atoms with E-state index in [-0.39, 0.29) is 19.1 Å². The van der Waals surface area contributed by atoms with Gasteiger partial charge in [-0.3, -0.25) is 4.79 Å². The van der Waals surface area contributed by atoms with E-state index < -0.39 is 0 Å². The smallest absolute Gasteiger partial charge is 0.265 e. The third-order valence-electron chi connectivity index (χ3n) is 3.61. The van der Waals surface area contributed by atoms with Gasteiger partial charge < -0.3 is 14.7 Å². The number of benzene rings is 2. The van der Waals surface area contributed by atoms with Crippen molar-refractivity contribution < 1.29 is 14.6 Å². The molecule has 4 nitrogen and oxygen atoms in total. The van der Waals surface area contributed by atoms with Gasteiger partial charge in [-0.2, -0.15) is 0 Å². The molecule has 4 heteroatoms. The van der Waals surface area contributed by atoms with E-state index in [9.17, 15) is 9.90 Å². The molecule has 0 unspecified atom stereocenters. The van der Waals surface area contributed by atoms with Gasteiger partial charge in [0.25, 0.3) is 5.91 Å². The third kappa shape index (κ3) is 2.76. The molecule has 2 aromatic carbocycles. The van der Waals surface area contributed by atoms with E-state index in [4.69, 9.17) is 4.74 Å². The maximum Gasteiger partial charge on any atom is 0.265 e. The van der Waals surface area contributed by atoms with E-state index >= 15 is 0 Å². The number of aliphatic hydroxyl groups excluding tert-OH is 1. The van der Waals surface area contributed by atoms with Gasteiger partial charge in [0.1, 0.15) is 5.75 Å². The average molecular weight is 283 g/mol. The number of hydrogen-bond donors (Lipinski definition) is 1. The van der Waals surface area contributed by atoms with E-state index in [2.05, 4.69) is 0 Å². The number of rotatable bonds is 3. The first-order valence-corrected chi connectivity index (χ1v) is 6.90. The Morgan fingerprint density at radius 1 is 1.14 bits per heavy atom. The molecular weight excluding hydrogens is 266 g/mol. The molecule has 2 aromatic rings. The molecule has 0 saturated carbocycles. The molecule has 0 bridgehead atoms. The highest BCUT2D eigenvalue weighted by atomic mass is 16.5. The van der Waals surface area contributed by atoms with Crippen molar-refractivity contribution in [1.82, 2.24) is 0 Å². The van der Waals surface area contributed by atoms with Crippen molar-refractivity contribution in [3.05, 3.63) is 59.2 Å². The minimum absolute atomic E-state index is 0.0355. The van der Waals surface area contributed by atoms with Gasteiger partial charge >= 0.3 is 0 Å². The predicted molar refractivity (Wildman–Crippen MR) is 80.2 cm³/mol. The highest BCUT2D eigenvalue weighted by molar-refractivity contribution is 5.97. The first kappa shape index (κ1) is 13.6. The van der Waals surface area contributed by atoms with Crippen LogP contribution in [0.3, 0.4) is 0 Å². The second-order valence-corrected chi connectivity index (χ2v) is 5.21. The van der Waals surface area contributed by atoms with Crippen molar-refractivity contribution in [2.75, 3.05) is 11.5 Å². The van der Waals surface area contributed by atoms with E-state index in [1.165, 1.54) is 5.56 Å². The summed E-state index contributed by atoms with van der Waals surface area (Å²) in [4.78, 5) is 13.9. The van der Waals surface area contributed by atoms with Crippen LogP contribution in [-0.4, -0.2) is 17.6 Å². The van der Waals surface area contributed by atoms with Crippen LogP contribution >= 0.6 is 0 Å². The van der Waals surface area contributed by atoms with Gasteiger partial charge in [0.2, 0.25) is 0 Å². The van der Waals surface area contributed by atoms with Crippen LogP contribution in [0.4, 0.5) is 5.69 Å². The molecule has 0 radical (unpaired) electrons. The van der Waals surface area contributed by atoms with E-state index in [0.717, 1.165) is 16.8 Å². The summed E-state index contributed by atoms with van der Waals surface area (Å²) in [6.45, 7) is 2.56. The monoisotopic (exact) mass is 283 g/mol. The predicted octanol–water partition coefficient (Wildman–Crippen LogP) is 2.41. The molecule has 1 aliphatic rings. The van der Waals surface area contributed by atoms with Crippen LogP contribution in [-0.2, 0) is 17.9 Å². The first-order chi connectivity index (χ1) is 10.2. The minimum atomic E-state index is -0.0557. The Hall–Kier alpha value is -2.33. The Bertz CT molecular complexity index is 664. The number of carbonyl (C=O) groups excluding carboxylic acids is 1. The van der Waals surface area contributed by atoms with Crippen LogP contribution in [0.15, 0.2) is 42.5 Å². The van der Waals surface area contributed by atoms with Crippen LogP contribution < -0.4 is 9.64 Å². The van der Waals surface area contributed by atoms with Gasteiger partial charge in [0.15, 0.2) is 6.61 Å². The Morgan fingerprint density at radius 3 is 2.57 bits per heavy atom. The third-order valence-corrected chi connectivity index (χ3v) is 3.61. The Labute approximate surface area is 123 Å². The van der Waals surface area contributed by atoms with Crippen LogP contribution in [0, 0.1) is 6.92 Å². The number of nitrogens with zero attached hydrogens (tertiary/aromatic N) is 1. The van der Waals surface area contributed by atoms with Gasteiger partial charge in [-0.25, -0.2) is 0 Å². The van der Waals surface area contributed by atoms with Gasteiger partial charge in [0.05, 0.1) is 18.8 Å². The summed E-state index contributed by atoms with van der Waals surface area (Å²) in [6, 6.07) is 13.5. The normalized spacial score (nSPS) is 13.8. The number of anilines is 1. The molecule has 0 aliphatic carbocycles. The number of ether oxygens (including phenoxy) is 1. The highest BCUT2D eigenvalue weighted by Crippen LogP contribution is 2.34. The fourth-order valence-corrected chi connectivity index (χ4v) is 2.40. The lowest BCUT2D eigenvalue weighted by Crippen LogP contribution is -2.38. The van der Waals surface area contributed by atoms with Gasteiger partial charge in [-0.1, -0.05) is 35.9 Å². The van der Waals surface area contributed by atoms with Crippen molar-refractivity contribution in [3.8, 4) is 5.75 Å². The summed E-state index contributed by atoms with van der Waals surface area (Å²) in [7, 11) is 0. The van der Waals surface area contributed by atoms with Gasteiger partial charge in [0, 0.05) is 0 Å². The zero-order valence-electron chi connectivity index (χ0n) is 11.9. The molecule has 0 saturated heterocycles. The van der Waals surface area contributed by atoms with Crippen molar-refractivity contribution >= 4 is 11.6 Å². The molecule has 1 aliphatic heterocycles. The van der Waals surface area contributed by atoms with Crippen molar-refractivity contribution in [1.29, 1.82) is 0 Å². The molecule has 1 heterocycles. The SMILES string of the molecule is Cc1ccc(CN2C(=O)COc3cc(CO)ccc32)cc1. The van der Waals surface area contributed by atoms with Crippen LogP contribution in [0.5, 0.6) is 5.75 Å². The van der Waals surface area contributed by atoms with Crippen LogP contribution in [0.25, 0.3) is 0 Å². The summed E-state index contributed by atoms with van der Waals surface area (Å²) in [6.07, 6.45) is 0. The Kier molecular flexibility index (Phi) is 3.62. The summed E-state index contributed by atoms with van der Waals surface area (Å²) < 4.78 is 5.46. The Morgan fingerprint density at radius 2 is 1.86 bits per heavy atom. The number of carbonyl (C=O) groups is 1. The second-order valence-electron chi connectivity index (χ2n) is 5.21. The maximum absolute atomic E-state index is 12.1. The second kappa shape index (κ2) is 5.58.